The zero-order chi connectivity index (χ0) is 13.5. The molecule has 0 saturated carbocycles. The van der Waals surface area contributed by atoms with Gasteiger partial charge in [0.2, 0.25) is 5.75 Å². The van der Waals surface area contributed by atoms with E-state index in [1.807, 2.05) is 0 Å². The average molecular weight is 250 g/mol. The Bertz CT molecular complexity index is 507. The predicted octanol–water partition coefficient (Wildman–Crippen LogP) is 1.71. The van der Waals surface area contributed by atoms with Crippen molar-refractivity contribution >= 4 is 12.0 Å². The molecule has 0 aliphatic rings. The molecule has 0 fully saturated rings. The van der Waals surface area contributed by atoms with Crippen molar-refractivity contribution in [3.63, 3.8) is 0 Å². The van der Waals surface area contributed by atoms with Crippen molar-refractivity contribution in [2.24, 2.45) is 0 Å². The first kappa shape index (κ1) is 13.4. The van der Waals surface area contributed by atoms with E-state index in [-0.39, 0.29) is 30.3 Å². The van der Waals surface area contributed by atoms with Crippen LogP contribution in [0.15, 0.2) is 12.1 Å². The van der Waals surface area contributed by atoms with Gasteiger partial charge in [-0.2, -0.15) is 5.26 Å². The third kappa shape index (κ3) is 2.95. The summed E-state index contributed by atoms with van der Waals surface area (Å²) >= 11 is 0. The monoisotopic (exact) mass is 250 g/mol. The van der Waals surface area contributed by atoms with Crippen LogP contribution < -0.4 is 9.47 Å². The van der Waals surface area contributed by atoms with Crippen LogP contribution in [0.3, 0.4) is 0 Å². The summed E-state index contributed by atoms with van der Waals surface area (Å²) in [6.45, 7) is 1.59. The molecule has 1 rings (SSSR count). The van der Waals surface area contributed by atoms with Crippen molar-refractivity contribution in [3.8, 4) is 17.6 Å². The highest BCUT2D eigenvalue weighted by atomic mass is 16.6. The molecule has 0 spiro atoms. The number of ether oxygens (including phenoxy) is 2. The van der Waals surface area contributed by atoms with Crippen LogP contribution in [0.2, 0.25) is 0 Å². The third-order valence-corrected chi connectivity index (χ3v) is 1.97. The summed E-state index contributed by atoms with van der Waals surface area (Å²) in [5, 5.41) is 19.3. The molecule has 0 atom stereocenters. The minimum atomic E-state index is -0.692. The number of nitrogens with zero attached hydrogens (tertiary/aromatic N) is 2. The molecule has 0 aromatic heterocycles. The number of carbonyl (C=O) groups excluding carboxylic acids is 1. The van der Waals surface area contributed by atoms with Crippen molar-refractivity contribution in [2.75, 3.05) is 13.2 Å². The topological polar surface area (TPSA) is 102 Å². The van der Waals surface area contributed by atoms with E-state index in [1.165, 1.54) is 6.07 Å². The van der Waals surface area contributed by atoms with E-state index >= 15 is 0 Å². The molecule has 0 N–H and O–H groups in total. The summed E-state index contributed by atoms with van der Waals surface area (Å²) in [6.07, 6.45) is 0.476. The van der Waals surface area contributed by atoms with Crippen LogP contribution in [-0.2, 0) is 0 Å². The van der Waals surface area contributed by atoms with Gasteiger partial charge in [0.25, 0.3) is 0 Å². The first-order valence-corrected chi connectivity index (χ1v) is 5.04. The fourth-order valence-corrected chi connectivity index (χ4v) is 1.32. The zero-order valence-electron chi connectivity index (χ0n) is 9.58. The lowest BCUT2D eigenvalue weighted by Gasteiger charge is -2.10. The van der Waals surface area contributed by atoms with Crippen molar-refractivity contribution in [1.82, 2.24) is 0 Å². The highest BCUT2D eigenvalue weighted by Crippen LogP contribution is 2.38. The number of hydrogen-bond acceptors (Lipinski definition) is 6. The van der Waals surface area contributed by atoms with Crippen molar-refractivity contribution in [2.45, 2.75) is 6.92 Å². The molecule has 1 aromatic rings. The van der Waals surface area contributed by atoms with Crippen LogP contribution in [0, 0.1) is 21.4 Å². The Hall–Kier alpha value is -2.62. The Kier molecular flexibility index (Phi) is 4.63. The van der Waals surface area contributed by atoms with Crippen molar-refractivity contribution in [1.29, 1.82) is 5.26 Å². The Balaban J connectivity index is 3.35. The van der Waals surface area contributed by atoms with E-state index in [0.29, 0.717) is 6.29 Å². The Labute approximate surface area is 103 Å². The molecule has 0 heterocycles. The van der Waals surface area contributed by atoms with E-state index in [9.17, 15) is 14.9 Å². The Morgan fingerprint density at radius 2 is 2.22 bits per heavy atom. The number of benzene rings is 1. The van der Waals surface area contributed by atoms with Gasteiger partial charge in [0.1, 0.15) is 12.4 Å². The first-order chi connectivity index (χ1) is 8.63. The summed E-state index contributed by atoms with van der Waals surface area (Å²) in [5.41, 5.74) is -0.298. The quantitative estimate of drug-likeness (QED) is 0.432. The molecular formula is C11H10N2O5. The summed E-state index contributed by atoms with van der Waals surface area (Å²) in [4.78, 5) is 20.9. The van der Waals surface area contributed by atoms with Gasteiger partial charge >= 0.3 is 5.69 Å². The molecule has 0 unspecified atom stereocenters. The molecule has 0 radical (unpaired) electrons. The summed E-state index contributed by atoms with van der Waals surface area (Å²) < 4.78 is 10.2. The number of carbonyl (C=O) groups is 1. The normalized spacial score (nSPS) is 9.33. The number of rotatable bonds is 6. The predicted molar refractivity (Wildman–Crippen MR) is 60.8 cm³/mol. The van der Waals surface area contributed by atoms with Gasteiger partial charge in [-0.3, -0.25) is 14.9 Å². The molecule has 7 heteroatoms. The summed E-state index contributed by atoms with van der Waals surface area (Å²) in [6, 6.07) is 4.11. The maximum atomic E-state index is 10.9. The molecule has 0 aliphatic carbocycles. The van der Waals surface area contributed by atoms with Gasteiger partial charge < -0.3 is 9.47 Å². The SMILES string of the molecule is CCOc1cc(C=O)cc([N+](=O)[O-])c1OCC#N. The van der Waals surface area contributed by atoms with Gasteiger partial charge in [0.15, 0.2) is 12.4 Å². The molecule has 94 valence electrons. The average Bonchev–Trinajstić information content (AvgIpc) is 2.36. The lowest BCUT2D eigenvalue weighted by atomic mass is 10.2. The molecule has 7 nitrogen and oxygen atoms in total. The van der Waals surface area contributed by atoms with Crippen molar-refractivity contribution in [3.05, 3.63) is 27.8 Å². The molecule has 18 heavy (non-hydrogen) atoms. The largest absolute Gasteiger partial charge is 0.490 e. The molecule has 1 aromatic carbocycles. The molecule has 0 bridgehead atoms. The lowest BCUT2D eigenvalue weighted by Crippen LogP contribution is -2.03. The van der Waals surface area contributed by atoms with Crippen LogP contribution in [0.5, 0.6) is 11.5 Å². The van der Waals surface area contributed by atoms with Gasteiger partial charge in [0, 0.05) is 11.6 Å². The van der Waals surface area contributed by atoms with Crippen LogP contribution in [0.1, 0.15) is 17.3 Å². The summed E-state index contributed by atoms with van der Waals surface area (Å²) in [7, 11) is 0. The maximum absolute atomic E-state index is 10.9. The number of nitriles is 1. The summed E-state index contributed by atoms with van der Waals surface area (Å²) in [5.74, 6) is -0.0712. The standard InChI is InChI=1S/C11H10N2O5/c1-2-17-10-6-8(7-14)5-9(13(15)16)11(10)18-4-3-12/h5-7H,2,4H2,1H3. The lowest BCUT2D eigenvalue weighted by molar-refractivity contribution is -0.385. The smallest absolute Gasteiger partial charge is 0.315 e. The van der Waals surface area contributed by atoms with Crippen LogP contribution in [-0.4, -0.2) is 24.4 Å². The minimum absolute atomic E-state index is 0.0732. The van der Waals surface area contributed by atoms with Crippen LogP contribution >= 0.6 is 0 Å². The van der Waals surface area contributed by atoms with Crippen LogP contribution in [0.25, 0.3) is 0 Å². The number of nitro groups is 1. The van der Waals surface area contributed by atoms with E-state index in [2.05, 4.69) is 0 Å². The molecule has 0 amide bonds. The Morgan fingerprint density at radius 1 is 1.50 bits per heavy atom. The second kappa shape index (κ2) is 6.20. The van der Waals surface area contributed by atoms with Gasteiger partial charge in [-0.25, -0.2) is 0 Å². The minimum Gasteiger partial charge on any atom is -0.490 e. The fourth-order valence-electron chi connectivity index (χ4n) is 1.32. The maximum Gasteiger partial charge on any atom is 0.315 e. The molecular weight excluding hydrogens is 240 g/mol. The number of aldehydes is 1. The molecule has 0 aliphatic heterocycles. The zero-order valence-corrected chi connectivity index (χ0v) is 9.58. The van der Waals surface area contributed by atoms with Gasteiger partial charge in [-0.15, -0.1) is 0 Å². The number of hydrogen-bond donors (Lipinski definition) is 0. The van der Waals surface area contributed by atoms with E-state index in [4.69, 9.17) is 14.7 Å². The molecule has 0 saturated heterocycles. The second-order valence-corrected chi connectivity index (χ2v) is 3.12. The number of nitro benzene ring substituents is 1. The second-order valence-electron chi connectivity index (χ2n) is 3.12. The fraction of sp³-hybridized carbons (Fsp3) is 0.273. The van der Waals surface area contributed by atoms with Crippen molar-refractivity contribution < 1.29 is 19.2 Å². The first-order valence-electron chi connectivity index (χ1n) is 5.04. The highest BCUT2D eigenvalue weighted by molar-refractivity contribution is 5.79. The van der Waals surface area contributed by atoms with Gasteiger partial charge in [0.05, 0.1) is 11.5 Å². The van der Waals surface area contributed by atoms with Gasteiger partial charge in [-0.05, 0) is 13.0 Å². The van der Waals surface area contributed by atoms with E-state index in [0.717, 1.165) is 6.07 Å². The van der Waals surface area contributed by atoms with E-state index in [1.54, 1.807) is 13.0 Å². The van der Waals surface area contributed by atoms with E-state index < -0.39 is 10.6 Å². The third-order valence-electron chi connectivity index (χ3n) is 1.97. The Morgan fingerprint density at radius 3 is 2.72 bits per heavy atom. The highest BCUT2D eigenvalue weighted by Gasteiger charge is 2.22. The van der Waals surface area contributed by atoms with Gasteiger partial charge in [-0.1, -0.05) is 0 Å². The van der Waals surface area contributed by atoms with Crippen LogP contribution in [0.4, 0.5) is 5.69 Å².